The standard InChI is InChI=1S/C8H15NO/c1-7(2)3-4-9-5-8-6-10-8/h3,8-9H,4-6H2,1-2H3. The van der Waals surface area contributed by atoms with Crippen LogP contribution in [0.2, 0.25) is 0 Å². The molecule has 1 saturated heterocycles. The Kier molecular flexibility index (Phi) is 2.90. The lowest BCUT2D eigenvalue weighted by Crippen LogP contribution is -2.19. The molecule has 58 valence electrons. The molecule has 0 radical (unpaired) electrons. The molecule has 0 aliphatic carbocycles. The Labute approximate surface area is 62.3 Å². The summed E-state index contributed by atoms with van der Waals surface area (Å²) >= 11 is 0. The van der Waals surface area contributed by atoms with Crippen LogP contribution in [0.1, 0.15) is 13.8 Å². The molecule has 0 amide bonds. The topological polar surface area (TPSA) is 24.6 Å². The van der Waals surface area contributed by atoms with E-state index in [1.54, 1.807) is 0 Å². The molecular weight excluding hydrogens is 126 g/mol. The van der Waals surface area contributed by atoms with Crippen molar-refractivity contribution >= 4 is 0 Å². The highest BCUT2D eigenvalue weighted by Gasteiger charge is 2.20. The van der Waals surface area contributed by atoms with E-state index in [0.29, 0.717) is 6.10 Å². The minimum absolute atomic E-state index is 0.505. The van der Waals surface area contributed by atoms with Crippen molar-refractivity contribution in [1.29, 1.82) is 0 Å². The summed E-state index contributed by atoms with van der Waals surface area (Å²) in [7, 11) is 0. The average Bonchev–Trinajstić information content (AvgIpc) is 2.62. The van der Waals surface area contributed by atoms with E-state index in [1.807, 2.05) is 0 Å². The molecule has 2 heteroatoms. The molecule has 1 N–H and O–H groups in total. The molecule has 0 bridgehead atoms. The zero-order valence-electron chi connectivity index (χ0n) is 6.68. The SMILES string of the molecule is CC(C)=CCNCC1CO1. The molecule has 0 spiro atoms. The summed E-state index contributed by atoms with van der Waals surface area (Å²) in [4.78, 5) is 0. The fourth-order valence-electron chi connectivity index (χ4n) is 0.707. The summed E-state index contributed by atoms with van der Waals surface area (Å²) in [5.41, 5.74) is 1.37. The van der Waals surface area contributed by atoms with Gasteiger partial charge in [0.05, 0.1) is 12.7 Å². The van der Waals surface area contributed by atoms with Crippen molar-refractivity contribution in [2.24, 2.45) is 0 Å². The second-order valence-corrected chi connectivity index (χ2v) is 2.90. The molecule has 1 rings (SSSR count). The minimum atomic E-state index is 0.505. The van der Waals surface area contributed by atoms with Crippen molar-refractivity contribution < 1.29 is 4.74 Å². The van der Waals surface area contributed by atoms with Crippen LogP contribution >= 0.6 is 0 Å². The Balaban J connectivity index is 1.89. The van der Waals surface area contributed by atoms with Gasteiger partial charge in [-0.15, -0.1) is 0 Å². The summed E-state index contributed by atoms with van der Waals surface area (Å²) in [6, 6.07) is 0. The number of epoxide rings is 1. The van der Waals surface area contributed by atoms with Crippen molar-refractivity contribution in [3.8, 4) is 0 Å². The summed E-state index contributed by atoms with van der Waals surface area (Å²) < 4.78 is 5.03. The fourth-order valence-corrected chi connectivity index (χ4v) is 0.707. The molecule has 0 aromatic heterocycles. The average molecular weight is 141 g/mol. The Morgan fingerprint density at radius 2 is 2.40 bits per heavy atom. The van der Waals surface area contributed by atoms with Gasteiger partial charge in [-0.3, -0.25) is 0 Å². The number of hydrogen-bond donors (Lipinski definition) is 1. The zero-order valence-corrected chi connectivity index (χ0v) is 6.68. The summed E-state index contributed by atoms with van der Waals surface area (Å²) in [5, 5.41) is 3.28. The highest BCUT2D eigenvalue weighted by Crippen LogP contribution is 2.05. The van der Waals surface area contributed by atoms with Crippen LogP contribution in [0.15, 0.2) is 11.6 Å². The largest absolute Gasteiger partial charge is 0.372 e. The molecule has 1 heterocycles. The molecule has 0 saturated carbocycles. The Bertz CT molecular complexity index is 123. The van der Waals surface area contributed by atoms with Crippen LogP contribution in [0, 0.1) is 0 Å². The van der Waals surface area contributed by atoms with Crippen LogP contribution in [0.5, 0.6) is 0 Å². The number of rotatable bonds is 4. The number of hydrogen-bond acceptors (Lipinski definition) is 2. The van der Waals surface area contributed by atoms with Gasteiger partial charge in [-0.1, -0.05) is 11.6 Å². The second kappa shape index (κ2) is 3.74. The quantitative estimate of drug-likeness (QED) is 0.358. The fraction of sp³-hybridized carbons (Fsp3) is 0.750. The van der Waals surface area contributed by atoms with Gasteiger partial charge in [0.2, 0.25) is 0 Å². The Morgan fingerprint density at radius 3 is 2.90 bits per heavy atom. The highest BCUT2D eigenvalue weighted by molar-refractivity contribution is 4.94. The number of ether oxygens (including phenoxy) is 1. The van der Waals surface area contributed by atoms with Crippen molar-refractivity contribution in [2.45, 2.75) is 20.0 Å². The molecule has 1 fully saturated rings. The van der Waals surface area contributed by atoms with E-state index in [0.717, 1.165) is 19.7 Å². The lowest BCUT2D eigenvalue weighted by atomic mass is 10.3. The van der Waals surface area contributed by atoms with Gasteiger partial charge in [0.1, 0.15) is 0 Å². The Morgan fingerprint density at radius 1 is 1.70 bits per heavy atom. The molecule has 1 atom stereocenters. The third-order valence-corrected chi connectivity index (χ3v) is 1.43. The van der Waals surface area contributed by atoms with Gasteiger partial charge in [-0.05, 0) is 13.8 Å². The van der Waals surface area contributed by atoms with Crippen LogP contribution in [0.4, 0.5) is 0 Å². The first-order valence-corrected chi connectivity index (χ1v) is 3.74. The van der Waals surface area contributed by atoms with Crippen LogP contribution in [0.3, 0.4) is 0 Å². The van der Waals surface area contributed by atoms with Crippen LogP contribution in [-0.2, 0) is 4.74 Å². The maximum absolute atomic E-state index is 5.03. The van der Waals surface area contributed by atoms with Gasteiger partial charge in [0.15, 0.2) is 0 Å². The van der Waals surface area contributed by atoms with Crippen molar-refractivity contribution in [3.63, 3.8) is 0 Å². The van der Waals surface area contributed by atoms with Crippen LogP contribution in [-0.4, -0.2) is 25.8 Å². The van der Waals surface area contributed by atoms with Gasteiger partial charge >= 0.3 is 0 Å². The zero-order chi connectivity index (χ0) is 7.40. The lowest BCUT2D eigenvalue weighted by molar-refractivity contribution is 0.400. The molecule has 1 unspecified atom stereocenters. The number of allylic oxidation sites excluding steroid dienone is 1. The summed E-state index contributed by atoms with van der Waals surface area (Å²) in [5.74, 6) is 0. The molecule has 2 nitrogen and oxygen atoms in total. The van der Waals surface area contributed by atoms with E-state index in [2.05, 4.69) is 25.2 Å². The second-order valence-electron chi connectivity index (χ2n) is 2.90. The first-order chi connectivity index (χ1) is 4.79. The van der Waals surface area contributed by atoms with Crippen molar-refractivity contribution in [2.75, 3.05) is 19.7 Å². The lowest BCUT2D eigenvalue weighted by Gasteiger charge is -1.96. The molecule has 0 aromatic carbocycles. The van der Waals surface area contributed by atoms with E-state index in [9.17, 15) is 0 Å². The van der Waals surface area contributed by atoms with E-state index < -0.39 is 0 Å². The van der Waals surface area contributed by atoms with Crippen molar-refractivity contribution in [3.05, 3.63) is 11.6 Å². The normalized spacial score (nSPS) is 22.4. The third-order valence-electron chi connectivity index (χ3n) is 1.43. The summed E-state index contributed by atoms with van der Waals surface area (Å²) in [6.07, 6.45) is 2.69. The van der Waals surface area contributed by atoms with E-state index in [1.165, 1.54) is 5.57 Å². The van der Waals surface area contributed by atoms with Crippen molar-refractivity contribution in [1.82, 2.24) is 5.32 Å². The third kappa shape index (κ3) is 3.64. The van der Waals surface area contributed by atoms with Gasteiger partial charge < -0.3 is 10.1 Å². The first kappa shape index (κ1) is 7.76. The smallest absolute Gasteiger partial charge is 0.0934 e. The maximum atomic E-state index is 5.03. The van der Waals surface area contributed by atoms with Gasteiger partial charge in [-0.2, -0.15) is 0 Å². The van der Waals surface area contributed by atoms with Gasteiger partial charge in [-0.25, -0.2) is 0 Å². The van der Waals surface area contributed by atoms with E-state index >= 15 is 0 Å². The molecule has 1 aliphatic rings. The van der Waals surface area contributed by atoms with Gasteiger partial charge in [0.25, 0.3) is 0 Å². The van der Waals surface area contributed by atoms with E-state index in [-0.39, 0.29) is 0 Å². The molecule has 1 aliphatic heterocycles. The first-order valence-electron chi connectivity index (χ1n) is 3.74. The Hall–Kier alpha value is -0.340. The predicted octanol–water partition coefficient (Wildman–Crippen LogP) is 0.941. The van der Waals surface area contributed by atoms with Crippen LogP contribution < -0.4 is 5.32 Å². The summed E-state index contributed by atoms with van der Waals surface area (Å²) in [6.45, 7) is 7.14. The molecular formula is C8H15NO. The monoisotopic (exact) mass is 141 g/mol. The van der Waals surface area contributed by atoms with E-state index in [4.69, 9.17) is 4.74 Å². The number of nitrogens with one attached hydrogen (secondary N) is 1. The highest BCUT2D eigenvalue weighted by atomic mass is 16.6. The molecule has 0 aromatic rings. The maximum Gasteiger partial charge on any atom is 0.0934 e. The molecule has 10 heavy (non-hydrogen) atoms. The van der Waals surface area contributed by atoms with Gasteiger partial charge in [0, 0.05) is 13.1 Å². The van der Waals surface area contributed by atoms with Crippen LogP contribution in [0.25, 0.3) is 0 Å². The predicted molar refractivity (Wildman–Crippen MR) is 42.0 cm³/mol. The minimum Gasteiger partial charge on any atom is -0.372 e.